The molecule has 94 valence electrons. The molecule has 0 aliphatic carbocycles. The molecule has 1 N–H and O–H groups in total. The van der Waals surface area contributed by atoms with E-state index in [0.29, 0.717) is 5.39 Å². The lowest BCUT2D eigenvalue weighted by Crippen LogP contribution is -2.02. The molecule has 0 aliphatic rings. The number of hydrogen-bond donors (Lipinski definition) is 1. The Labute approximate surface area is 110 Å². The van der Waals surface area contributed by atoms with Crippen LogP contribution in [-0.2, 0) is 0 Å². The fraction of sp³-hybridized carbons (Fsp3) is 0.0625. The fourth-order valence-corrected chi connectivity index (χ4v) is 2.28. The summed E-state index contributed by atoms with van der Waals surface area (Å²) >= 11 is 0. The van der Waals surface area contributed by atoms with E-state index in [9.17, 15) is 9.90 Å². The monoisotopic (exact) mass is 251 g/mol. The summed E-state index contributed by atoms with van der Waals surface area (Å²) in [5, 5.41) is 10.5. The first kappa shape index (κ1) is 11.5. The van der Waals surface area contributed by atoms with Crippen LogP contribution in [0.5, 0.6) is 5.75 Å². The first-order valence-electron chi connectivity index (χ1n) is 6.07. The Balaban J connectivity index is 2.25. The van der Waals surface area contributed by atoms with Crippen molar-refractivity contribution >= 4 is 16.8 Å². The van der Waals surface area contributed by atoms with Crippen molar-refractivity contribution in [2.24, 2.45) is 0 Å². The van der Waals surface area contributed by atoms with Gasteiger partial charge in [0.2, 0.25) is 5.91 Å². The smallest absolute Gasteiger partial charge is 0.228 e. The molecule has 0 saturated heterocycles. The summed E-state index contributed by atoms with van der Waals surface area (Å²) < 4.78 is 1.47. The normalized spacial score (nSPS) is 10.8. The van der Waals surface area contributed by atoms with Crippen LogP contribution in [0, 0.1) is 0 Å². The summed E-state index contributed by atoms with van der Waals surface area (Å²) in [6.07, 6.45) is 1.46. The summed E-state index contributed by atoms with van der Waals surface area (Å²) in [4.78, 5) is 11.6. The van der Waals surface area contributed by atoms with Gasteiger partial charge in [-0.05, 0) is 23.3 Å². The Morgan fingerprint density at radius 2 is 1.79 bits per heavy atom. The first-order valence-corrected chi connectivity index (χ1v) is 6.07. The second-order valence-corrected chi connectivity index (χ2v) is 4.50. The highest BCUT2D eigenvalue weighted by Crippen LogP contribution is 2.31. The van der Waals surface area contributed by atoms with Crippen molar-refractivity contribution in [2.45, 2.75) is 6.92 Å². The number of hydrogen-bond acceptors (Lipinski definition) is 2. The van der Waals surface area contributed by atoms with Gasteiger partial charge in [-0.2, -0.15) is 0 Å². The van der Waals surface area contributed by atoms with Crippen molar-refractivity contribution in [1.82, 2.24) is 4.57 Å². The average Bonchev–Trinajstić information content (AvgIpc) is 2.77. The second kappa shape index (κ2) is 4.28. The molecule has 0 atom stereocenters. The van der Waals surface area contributed by atoms with Crippen LogP contribution in [0.1, 0.15) is 11.7 Å². The van der Waals surface area contributed by atoms with Gasteiger partial charge in [-0.15, -0.1) is 0 Å². The van der Waals surface area contributed by atoms with Crippen molar-refractivity contribution < 1.29 is 9.90 Å². The van der Waals surface area contributed by atoms with E-state index in [2.05, 4.69) is 0 Å². The summed E-state index contributed by atoms with van der Waals surface area (Å²) in [6, 6.07) is 15.7. The zero-order chi connectivity index (χ0) is 13.4. The quantitative estimate of drug-likeness (QED) is 0.717. The van der Waals surface area contributed by atoms with Gasteiger partial charge >= 0.3 is 0 Å². The molecule has 1 heterocycles. The van der Waals surface area contributed by atoms with Gasteiger partial charge in [0, 0.05) is 12.3 Å². The summed E-state index contributed by atoms with van der Waals surface area (Å²) in [5.74, 6) is 0.0142. The summed E-state index contributed by atoms with van der Waals surface area (Å²) in [7, 11) is 0. The highest BCUT2D eigenvalue weighted by molar-refractivity contribution is 5.97. The molecule has 0 bridgehead atoms. The lowest BCUT2D eigenvalue weighted by molar-refractivity contribution is 0.0941. The number of rotatable bonds is 1. The predicted molar refractivity (Wildman–Crippen MR) is 75.3 cm³/mol. The SMILES string of the molecule is CC(=O)n1cc(O)c2ccc(-c3ccccc3)cc21. The van der Waals surface area contributed by atoms with Crippen LogP contribution in [0.3, 0.4) is 0 Å². The number of fused-ring (bicyclic) bond motifs is 1. The Bertz CT molecular complexity index is 757. The standard InChI is InChI=1S/C16H13NO2/c1-11(18)17-10-16(19)14-8-7-13(9-15(14)17)12-5-3-2-4-6-12/h2-10,19H,1H3. The first-order chi connectivity index (χ1) is 9.16. The van der Waals surface area contributed by atoms with Crippen molar-refractivity contribution in [3.8, 4) is 16.9 Å². The van der Waals surface area contributed by atoms with E-state index in [1.54, 1.807) is 0 Å². The van der Waals surface area contributed by atoms with Crippen LogP contribution in [0.25, 0.3) is 22.0 Å². The lowest BCUT2D eigenvalue weighted by atomic mass is 10.0. The molecular formula is C16H13NO2. The number of aromatic hydroxyl groups is 1. The number of carbonyl (C=O) groups is 1. The van der Waals surface area contributed by atoms with Gasteiger partial charge in [-0.3, -0.25) is 9.36 Å². The van der Waals surface area contributed by atoms with Gasteiger partial charge < -0.3 is 5.11 Å². The second-order valence-electron chi connectivity index (χ2n) is 4.50. The molecule has 0 fully saturated rings. The largest absolute Gasteiger partial charge is 0.506 e. The third-order valence-electron chi connectivity index (χ3n) is 3.23. The van der Waals surface area contributed by atoms with E-state index < -0.39 is 0 Å². The molecule has 3 heteroatoms. The molecule has 0 unspecified atom stereocenters. The maximum absolute atomic E-state index is 11.6. The Hall–Kier alpha value is -2.55. The van der Waals surface area contributed by atoms with Gasteiger partial charge in [0.1, 0.15) is 5.75 Å². The Morgan fingerprint density at radius 3 is 2.47 bits per heavy atom. The van der Waals surface area contributed by atoms with Crippen molar-refractivity contribution in [3.63, 3.8) is 0 Å². The van der Waals surface area contributed by atoms with Crippen molar-refractivity contribution in [3.05, 3.63) is 54.7 Å². The number of nitrogens with zero attached hydrogens (tertiary/aromatic N) is 1. The molecule has 0 radical (unpaired) electrons. The molecule has 19 heavy (non-hydrogen) atoms. The van der Waals surface area contributed by atoms with E-state index in [-0.39, 0.29) is 11.7 Å². The highest BCUT2D eigenvalue weighted by atomic mass is 16.3. The average molecular weight is 251 g/mol. The summed E-state index contributed by atoms with van der Waals surface area (Å²) in [6.45, 7) is 1.48. The van der Waals surface area contributed by atoms with E-state index >= 15 is 0 Å². The van der Waals surface area contributed by atoms with Crippen LogP contribution in [0.2, 0.25) is 0 Å². The van der Waals surface area contributed by atoms with Crippen molar-refractivity contribution in [1.29, 1.82) is 0 Å². The topological polar surface area (TPSA) is 42.2 Å². The molecule has 0 spiro atoms. The third kappa shape index (κ3) is 1.89. The van der Waals surface area contributed by atoms with Gasteiger partial charge in [-0.25, -0.2) is 0 Å². The minimum atomic E-state index is -0.115. The van der Waals surface area contributed by atoms with Gasteiger partial charge in [-0.1, -0.05) is 36.4 Å². The van der Waals surface area contributed by atoms with Gasteiger partial charge in [0.15, 0.2) is 0 Å². The minimum absolute atomic E-state index is 0.115. The van der Waals surface area contributed by atoms with Crippen LogP contribution in [0.4, 0.5) is 0 Å². The molecule has 0 amide bonds. The number of benzene rings is 2. The fourth-order valence-electron chi connectivity index (χ4n) is 2.28. The minimum Gasteiger partial charge on any atom is -0.506 e. The van der Waals surface area contributed by atoms with Gasteiger partial charge in [0.25, 0.3) is 0 Å². The summed E-state index contributed by atoms with van der Waals surface area (Å²) in [5.41, 5.74) is 2.83. The van der Waals surface area contributed by atoms with E-state index in [1.807, 2.05) is 48.5 Å². The van der Waals surface area contributed by atoms with Crippen LogP contribution in [-0.4, -0.2) is 15.6 Å². The molecule has 1 aromatic heterocycles. The number of carbonyl (C=O) groups excluding carboxylic acids is 1. The molecule has 2 aromatic carbocycles. The van der Waals surface area contributed by atoms with Crippen molar-refractivity contribution in [2.75, 3.05) is 0 Å². The van der Waals surface area contributed by atoms with E-state index in [1.165, 1.54) is 17.7 Å². The van der Waals surface area contributed by atoms with Crippen LogP contribution in [0.15, 0.2) is 54.7 Å². The molecule has 0 aliphatic heterocycles. The lowest BCUT2D eigenvalue weighted by Gasteiger charge is -2.04. The third-order valence-corrected chi connectivity index (χ3v) is 3.23. The van der Waals surface area contributed by atoms with E-state index in [0.717, 1.165) is 16.6 Å². The zero-order valence-corrected chi connectivity index (χ0v) is 10.5. The Morgan fingerprint density at radius 1 is 1.05 bits per heavy atom. The molecule has 3 nitrogen and oxygen atoms in total. The molecule has 0 saturated carbocycles. The van der Waals surface area contributed by atoms with E-state index in [4.69, 9.17) is 0 Å². The van der Waals surface area contributed by atoms with Crippen LogP contribution < -0.4 is 0 Å². The van der Waals surface area contributed by atoms with Crippen LogP contribution >= 0.6 is 0 Å². The van der Waals surface area contributed by atoms with Gasteiger partial charge in [0.05, 0.1) is 11.7 Å². The molecule has 3 rings (SSSR count). The zero-order valence-electron chi connectivity index (χ0n) is 10.5. The maximum Gasteiger partial charge on any atom is 0.228 e. The molecular weight excluding hydrogens is 238 g/mol. The molecule has 3 aromatic rings. The maximum atomic E-state index is 11.6. The number of aromatic nitrogens is 1. The predicted octanol–water partition coefficient (Wildman–Crippen LogP) is 3.67. The highest BCUT2D eigenvalue weighted by Gasteiger charge is 2.11. The Kier molecular flexibility index (Phi) is 2.60.